The fourth-order valence-corrected chi connectivity index (χ4v) is 6.21. The first-order chi connectivity index (χ1) is 19.4. The monoisotopic (exact) mass is 554 g/mol. The van der Waals surface area contributed by atoms with Crippen LogP contribution < -0.4 is 25.6 Å². The highest BCUT2D eigenvalue weighted by molar-refractivity contribution is 7.21. The Hall–Kier alpha value is -4.77. The zero-order valence-electron chi connectivity index (χ0n) is 21.6. The number of thiophene rings is 1. The molecule has 1 aliphatic heterocycles. The van der Waals surface area contributed by atoms with E-state index in [2.05, 4.69) is 32.5 Å². The Morgan fingerprint density at radius 1 is 1.12 bits per heavy atom. The van der Waals surface area contributed by atoms with Gasteiger partial charge in [0.1, 0.15) is 15.5 Å². The number of urea groups is 1. The van der Waals surface area contributed by atoms with Crippen molar-refractivity contribution in [1.29, 1.82) is 0 Å². The lowest BCUT2D eigenvalue weighted by Gasteiger charge is -2.29. The normalized spacial score (nSPS) is 17.8. The Balaban J connectivity index is 1.30. The third-order valence-electron chi connectivity index (χ3n) is 7.06. The fraction of sp³-hybridized carbons (Fsp3) is 0.207. The third kappa shape index (κ3) is 4.64. The summed E-state index contributed by atoms with van der Waals surface area (Å²) in [7, 11) is 0. The number of benzene rings is 1. The molecule has 1 aromatic carbocycles. The topological polar surface area (TPSA) is 126 Å². The number of ether oxygens (including phenoxy) is 1. The Bertz CT molecular complexity index is 1650. The molecule has 10 nitrogen and oxygen atoms in total. The summed E-state index contributed by atoms with van der Waals surface area (Å²) in [5.41, 5.74) is 2.41. The molecule has 4 amide bonds. The van der Waals surface area contributed by atoms with Gasteiger partial charge in [-0.1, -0.05) is 24.8 Å². The molecule has 2 aliphatic rings. The van der Waals surface area contributed by atoms with Crippen molar-refractivity contribution >= 4 is 56.5 Å². The Labute approximate surface area is 234 Å². The maximum Gasteiger partial charge on any atom is 0.331 e. The number of nitrogens with zero attached hydrogens (tertiary/aromatic N) is 3. The predicted octanol–water partition coefficient (Wildman–Crippen LogP) is 5.43. The quantitative estimate of drug-likeness (QED) is 0.262. The molecule has 0 saturated heterocycles. The average molecular weight is 555 g/mol. The molecule has 1 fully saturated rings. The van der Waals surface area contributed by atoms with Crippen LogP contribution in [0, 0.1) is 6.92 Å². The molecule has 1 saturated carbocycles. The number of nitrogens with one attached hydrogen (secondary N) is 3. The number of anilines is 3. The number of amides is 4. The van der Waals surface area contributed by atoms with Crippen molar-refractivity contribution in [2.75, 3.05) is 10.2 Å². The van der Waals surface area contributed by atoms with E-state index in [4.69, 9.17) is 4.74 Å². The second-order valence-electron chi connectivity index (χ2n) is 9.64. The maximum atomic E-state index is 13.5. The van der Waals surface area contributed by atoms with Crippen LogP contribution in [0.1, 0.15) is 34.5 Å². The first kappa shape index (κ1) is 25.5. The number of aryl methyl sites for hydroxylation is 1. The van der Waals surface area contributed by atoms with Gasteiger partial charge in [-0.15, -0.1) is 11.3 Å². The maximum absolute atomic E-state index is 13.5. The van der Waals surface area contributed by atoms with Crippen LogP contribution in [0.5, 0.6) is 11.6 Å². The summed E-state index contributed by atoms with van der Waals surface area (Å²) in [6.07, 6.45) is 6.84. The number of hydrogen-bond acceptors (Lipinski definition) is 7. The van der Waals surface area contributed by atoms with Gasteiger partial charge >= 0.3 is 6.03 Å². The molecule has 40 heavy (non-hydrogen) atoms. The molecule has 202 valence electrons. The van der Waals surface area contributed by atoms with Crippen molar-refractivity contribution in [2.45, 2.75) is 38.3 Å². The van der Waals surface area contributed by atoms with E-state index in [1.165, 1.54) is 22.3 Å². The fourth-order valence-electron chi connectivity index (χ4n) is 5.19. The number of para-hydroxylation sites is 1. The number of carbonyl (C=O) groups is 3. The zero-order chi connectivity index (χ0) is 27.8. The van der Waals surface area contributed by atoms with E-state index in [-0.39, 0.29) is 23.9 Å². The van der Waals surface area contributed by atoms with Crippen molar-refractivity contribution in [3.05, 3.63) is 78.0 Å². The molecule has 4 aromatic rings. The van der Waals surface area contributed by atoms with Crippen LogP contribution in [0.15, 0.2) is 67.5 Å². The van der Waals surface area contributed by atoms with Crippen LogP contribution in [0.3, 0.4) is 0 Å². The number of pyridine rings is 2. The van der Waals surface area contributed by atoms with Crippen LogP contribution in [0.25, 0.3) is 10.2 Å². The molecule has 0 spiro atoms. The molecule has 0 radical (unpaired) electrons. The smallest absolute Gasteiger partial charge is 0.331 e. The van der Waals surface area contributed by atoms with Crippen molar-refractivity contribution in [2.24, 2.45) is 0 Å². The minimum atomic E-state index is -0.411. The summed E-state index contributed by atoms with van der Waals surface area (Å²) >= 11 is 1.22. The van der Waals surface area contributed by atoms with Crippen LogP contribution in [-0.4, -0.2) is 39.9 Å². The van der Waals surface area contributed by atoms with Gasteiger partial charge in [-0.05, 0) is 56.0 Å². The second-order valence-corrected chi connectivity index (χ2v) is 10.6. The van der Waals surface area contributed by atoms with Crippen LogP contribution in [0.4, 0.5) is 21.9 Å². The van der Waals surface area contributed by atoms with E-state index < -0.39 is 6.03 Å². The summed E-state index contributed by atoms with van der Waals surface area (Å²) in [6.45, 7) is 5.38. The van der Waals surface area contributed by atoms with E-state index in [9.17, 15) is 14.4 Å². The Kier molecular flexibility index (Phi) is 6.64. The van der Waals surface area contributed by atoms with E-state index in [0.29, 0.717) is 43.8 Å². The highest BCUT2D eigenvalue weighted by Crippen LogP contribution is 2.46. The number of aromatic nitrogens is 2. The predicted molar refractivity (Wildman–Crippen MR) is 154 cm³/mol. The van der Waals surface area contributed by atoms with E-state index in [1.54, 1.807) is 24.5 Å². The van der Waals surface area contributed by atoms with Crippen molar-refractivity contribution in [3.63, 3.8) is 0 Å². The summed E-state index contributed by atoms with van der Waals surface area (Å²) < 4.78 is 5.85. The summed E-state index contributed by atoms with van der Waals surface area (Å²) in [4.78, 5) is 50.2. The van der Waals surface area contributed by atoms with E-state index in [1.807, 2.05) is 37.3 Å². The van der Waals surface area contributed by atoms with Crippen molar-refractivity contribution in [3.8, 4) is 11.6 Å². The number of carbonyl (C=O) groups excluding carboxylic acids is 3. The van der Waals surface area contributed by atoms with Gasteiger partial charge in [0.15, 0.2) is 0 Å². The summed E-state index contributed by atoms with van der Waals surface area (Å²) in [6, 6.07) is 12.1. The lowest BCUT2D eigenvalue weighted by atomic mass is 10.1. The largest absolute Gasteiger partial charge is 0.439 e. The van der Waals surface area contributed by atoms with E-state index >= 15 is 0 Å². The van der Waals surface area contributed by atoms with E-state index in [0.717, 1.165) is 24.8 Å². The minimum absolute atomic E-state index is 0.178. The van der Waals surface area contributed by atoms with Gasteiger partial charge < -0.3 is 20.7 Å². The highest BCUT2D eigenvalue weighted by atomic mass is 32.1. The van der Waals surface area contributed by atoms with Gasteiger partial charge in [-0.3, -0.25) is 14.5 Å². The van der Waals surface area contributed by atoms with Crippen LogP contribution >= 0.6 is 11.3 Å². The van der Waals surface area contributed by atoms with Crippen molar-refractivity contribution < 1.29 is 19.1 Å². The molecule has 11 heteroatoms. The highest BCUT2D eigenvalue weighted by Gasteiger charge is 2.35. The molecule has 3 aromatic heterocycles. The van der Waals surface area contributed by atoms with Gasteiger partial charge in [0.25, 0.3) is 5.91 Å². The molecule has 3 N–H and O–H groups in total. The Morgan fingerprint density at radius 2 is 1.90 bits per heavy atom. The lowest BCUT2D eigenvalue weighted by molar-refractivity contribution is -0.117. The van der Waals surface area contributed by atoms with Gasteiger partial charge in [0.2, 0.25) is 11.8 Å². The first-order valence-corrected chi connectivity index (χ1v) is 13.7. The average Bonchev–Trinajstić information content (AvgIpc) is 3.55. The molecular weight excluding hydrogens is 528 g/mol. The SMILES string of the molecule is C=CC(=O)NC1CCC[C@H]1NC(=O)c1sc2nccc3c2c1NC(=O)N3c1cnc(Oc2ccccc2)cc1C. The van der Waals surface area contributed by atoms with Gasteiger partial charge in [-0.2, -0.15) is 0 Å². The number of hydrogen-bond donors (Lipinski definition) is 3. The zero-order valence-corrected chi connectivity index (χ0v) is 22.5. The summed E-state index contributed by atoms with van der Waals surface area (Å²) in [5, 5.41) is 9.55. The van der Waals surface area contributed by atoms with Gasteiger partial charge in [0, 0.05) is 24.3 Å². The Morgan fingerprint density at radius 3 is 2.65 bits per heavy atom. The lowest BCUT2D eigenvalue weighted by Crippen LogP contribution is -2.48. The molecule has 1 aliphatic carbocycles. The van der Waals surface area contributed by atoms with Gasteiger partial charge in [0.05, 0.1) is 28.6 Å². The standard InChI is InChI=1S/C29H26N6O4S/c1-3-22(36)32-18-10-7-11-19(18)33-27(37)26-25-24-20(12-13-30-28(24)40-26)35(29(38)34-25)21-15-31-23(14-16(21)2)39-17-8-5-4-6-9-17/h3-6,8-9,12-15,18-19H,1,7,10-11H2,2H3,(H,32,36)(H,33,37)(H,34,38)/t18?,19-/m1/s1. The second kappa shape index (κ2) is 10.4. The molecule has 6 rings (SSSR count). The van der Waals surface area contributed by atoms with Crippen LogP contribution in [0.2, 0.25) is 0 Å². The molecular formula is C29H26N6O4S. The molecule has 0 bridgehead atoms. The van der Waals surface area contributed by atoms with Crippen molar-refractivity contribution in [1.82, 2.24) is 20.6 Å². The third-order valence-corrected chi connectivity index (χ3v) is 8.16. The molecule has 1 unspecified atom stereocenters. The molecule has 4 heterocycles. The molecule has 2 atom stereocenters. The summed E-state index contributed by atoms with van der Waals surface area (Å²) in [5.74, 6) is 0.486. The van der Waals surface area contributed by atoms with Crippen LogP contribution in [-0.2, 0) is 4.79 Å². The first-order valence-electron chi connectivity index (χ1n) is 12.9. The minimum Gasteiger partial charge on any atom is -0.439 e. The van der Waals surface area contributed by atoms with Gasteiger partial charge in [-0.25, -0.2) is 14.8 Å². The number of rotatable bonds is 7.